The molecule has 0 spiro atoms. The summed E-state index contributed by atoms with van der Waals surface area (Å²) in [4.78, 5) is 4.77. The minimum Gasteiger partial charge on any atom is -0.378 e. The van der Waals surface area contributed by atoms with Gasteiger partial charge in [-0.2, -0.15) is 5.26 Å². The summed E-state index contributed by atoms with van der Waals surface area (Å²) in [7, 11) is 0. The molecule has 21 heavy (non-hydrogen) atoms. The van der Waals surface area contributed by atoms with Crippen LogP contribution in [0.4, 0.5) is 0 Å². The van der Waals surface area contributed by atoms with Crippen molar-refractivity contribution in [2.75, 3.05) is 6.61 Å². The average Bonchev–Trinajstić information content (AvgIpc) is 2.85. The SMILES string of the molecule is CC(C)n1c(CC2CCCCO2)nc2cc(C#N)ccc21. The molecule has 0 N–H and O–H groups in total. The Morgan fingerprint density at radius 1 is 1.43 bits per heavy atom. The first-order valence-corrected chi connectivity index (χ1v) is 7.71. The van der Waals surface area contributed by atoms with E-state index in [0.29, 0.717) is 11.6 Å². The van der Waals surface area contributed by atoms with Crippen LogP contribution in [0.25, 0.3) is 11.0 Å². The number of nitriles is 1. The van der Waals surface area contributed by atoms with Crippen LogP contribution < -0.4 is 0 Å². The third kappa shape index (κ3) is 2.79. The van der Waals surface area contributed by atoms with Crippen molar-refractivity contribution < 1.29 is 4.74 Å². The van der Waals surface area contributed by atoms with Crippen molar-refractivity contribution in [3.05, 3.63) is 29.6 Å². The van der Waals surface area contributed by atoms with Gasteiger partial charge in [-0.3, -0.25) is 0 Å². The maximum atomic E-state index is 9.04. The monoisotopic (exact) mass is 283 g/mol. The second kappa shape index (κ2) is 5.87. The zero-order valence-corrected chi connectivity index (χ0v) is 12.7. The van der Waals surface area contributed by atoms with Crippen LogP contribution in [0.15, 0.2) is 18.2 Å². The van der Waals surface area contributed by atoms with E-state index >= 15 is 0 Å². The van der Waals surface area contributed by atoms with Crippen LogP contribution in [0, 0.1) is 11.3 Å². The van der Waals surface area contributed by atoms with Crippen molar-refractivity contribution >= 4 is 11.0 Å². The number of hydrogen-bond acceptors (Lipinski definition) is 3. The summed E-state index contributed by atoms with van der Waals surface area (Å²) in [5, 5.41) is 9.04. The van der Waals surface area contributed by atoms with E-state index in [-0.39, 0.29) is 6.10 Å². The standard InChI is InChI=1S/C17H21N3O/c1-12(2)20-16-7-6-13(11-18)9-15(16)19-17(20)10-14-5-3-4-8-21-14/h6-7,9,12,14H,3-5,8,10H2,1-2H3. The Morgan fingerprint density at radius 2 is 2.29 bits per heavy atom. The molecule has 0 radical (unpaired) electrons. The van der Waals surface area contributed by atoms with E-state index in [2.05, 4.69) is 24.5 Å². The first-order chi connectivity index (χ1) is 10.2. The second-order valence-electron chi connectivity index (χ2n) is 6.00. The quantitative estimate of drug-likeness (QED) is 0.864. The lowest BCUT2D eigenvalue weighted by molar-refractivity contribution is 0.0151. The van der Waals surface area contributed by atoms with Crippen molar-refractivity contribution in [3.8, 4) is 6.07 Å². The molecule has 3 rings (SSSR count). The van der Waals surface area contributed by atoms with Gasteiger partial charge in [0.15, 0.2) is 0 Å². The number of imidazole rings is 1. The molecule has 1 aliphatic heterocycles. The molecular formula is C17H21N3O. The van der Waals surface area contributed by atoms with E-state index in [4.69, 9.17) is 15.0 Å². The largest absolute Gasteiger partial charge is 0.378 e. The minimum absolute atomic E-state index is 0.281. The van der Waals surface area contributed by atoms with Gasteiger partial charge in [-0.1, -0.05) is 0 Å². The number of ether oxygens (including phenoxy) is 1. The van der Waals surface area contributed by atoms with Gasteiger partial charge in [0.25, 0.3) is 0 Å². The number of hydrogen-bond donors (Lipinski definition) is 0. The van der Waals surface area contributed by atoms with E-state index in [0.717, 1.165) is 36.3 Å². The lowest BCUT2D eigenvalue weighted by Crippen LogP contribution is -2.23. The number of aromatic nitrogens is 2. The van der Waals surface area contributed by atoms with E-state index in [1.165, 1.54) is 12.8 Å². The zero-order chi connectivity index (χ0) is 14.8. The summed E-state index contributed by atoms with van der Waals surface area (Å²) < 4.78 is 8.12. The van der Waals surface area contributed by atoms with Crippen LogP contribution in [0.1, 0.15) is 50.5 Å². The summed E-state index contributed by atoms with van der Waals surface area (Å²) in [6, 6.07) is 8.28. The van der Waals surface area contributed by atoms with E-state index < -0.39 is 0 Å². The lowest BCUT2D eigenvalue weighted by atomic mass is 10.1. The minimum atomic E-state index is 0.281. The number of rotatable bonds is 3. The highest BCUT2D eigenvalue weighted by atomic mass is 16.5. The molecule has 4 heteroatoms. The Bertz CT molecular complexity index is 675. The third-order valence-corrected chi connectivity index (χ3v) is 4.09. The smallest absolute Gasteiger partial charge is 0.112 e. The Kier molecular flexibility index (Phi) is 3.94. The van der Waals surface area contributed by atoms with Crippen molar-refractivity contribution in [1.82, 2.24) is 9.55 Å². The maximum absolute atomic E-state index is 9.04. The van der Waals surface area contributed by atoms with Gasteiger partial charge in [0, 0.05) is 19.1 Å². The number of nitrogens with zero attached hydrogens (tertiary/aromatic N) is 3. The number of benzene rings is 1. The van der Waals surface area contributed by atoms with Crippen molar-refractivity contribution in [1.29, 1.82) is 5.26 Å². The fourth-order valence-electron chi connectivity index (χ4n) is 3.11. The fourth-order valence-corrected chi connectivity index (χ4v) is 3.11. The fraction of sp³-hybridized carbons (Fsp3) is 0.529. The van der Waals surface area contributed by atoms with Crippen molar-refractivity contribution in [2.45, 2.75) is 51.7 Å². The highest BCUT2D eigenvalue weighted by Gasteiger charge is 2.20. The first-order valence-electron chi connectivity index (χ1n) is 7.71. The zero-order valence-electron chi connectivity index (χ0n) is 12.7. The lowest BCUT2D eigenvalue weighted by Gasteiger charge is -2.23. The van der Waals surface area contributed by atoms with Gasteiger partial charge in [-0.25, -0.2) is 4.98 Å². The Morgan fingerprint density at radius 3 is 2.95 bits per heavy atom. The third-order valence-electron chi connectivity index (χ3n) is 4.09. The summed E-state index contributed by atoms with van der Waals surface area (Å²) in [6.45, 7) is 5.21. The van der Waals surface area contributed by atoms with Crippen LogP contribution >= 0.6 is 0 Å². The maximum Gasteiger partial charge on any atom is 0.112 e. The van der Waals surface area contributed by atoms with Gasteiger partial charge >= 0.3 is 0 Å². The Balaban J connectivity index is 1.99. The summed E-state index contributed by atoms with van der Waals surface area (Å²) in [6.07, 6.45) is 4.66. The molecular weight excluding hydrogens is 262 g/mol. The van der Waals surface area contributed by atoms with Gasteiger partial charge in [0.2, 0.25) is 0 Å². The molecule has 2 aromatic rings. The van der Waals surface area contributed by atoms with Crippen LogP contribution in [0.2, 0.25) is 0 Å². The van der Waals surface area contributed by atoms with Gasteiger partial charge in [-0.15, -0.1) is 0 Å². The van der Waals surface area contributed by atoms with Crippen molar-refractivity contribution in [3.63, 3.8) is 0 Å². The molecule has 0 saturated carbocycles. The van der Waals surface area contributed by atoms with Crippen LogP contribution in [0.3, 0.4) is 0 Å². The molecule has 1 aliphatic rings. The van der Waals surface area contributed by atoms with Gasteiger partial charge in [0.05, 0.1) is 28.8 Å². The van der Waals surface area contributed by atoms with Gasteiger partial charge in [0.1, 0.15) is 5.82 Å². The van der Waals surface area contributed by atoms with Crippen molar-refractivity contribution in [2.24, 2.45) is 0 Å². The Hall–Kier alpha value is -1.86. The molecule has 1 saturated heterocycles. The molecule has 0 amide bonds. The molecule has 1 atom stereocenters. The molecule has 1 unspecified atom stereocenters. The Labute approximate surface area is 125 Å². The molecule has 2 heterocycles. The average molecular weight is 283 g/mol. The topological polar surface area (TPSA) is 50.8 Å². The molecule has 1 fully saturated rings. The molecule has 110 valence electrons. The molecule has 1 aromatic heterocycles. The molecule has 0 aliphatic carbocycles. The normalized spacial score (nSPS) is 19.0. The first kappa shape index (κ1) is 14.1. The van der Waals surface area contributed by atoms with Crippen LogP contribution in [-0.4, -0.2) is 22.3 Å². The van der Waals surface area contributed by atoms with Gasteiger partial charge < -0.3 is 9.30 Å². The van der Waals surface area contributed by atoms with E-state index in [1.807, 2.05) is 18.2 Å². The molecule has 1 aromatic carbocycles. The molecule has 4 nitrogen and oxygen atoms in total. The number of fused-ring (bicyclic) bond motifs is 1. The summed E-state index contributed by atoms with van der Waals surface area (Å²) in [5.41, 5.74) is 2.68. The van der Waals surface area contributed by atoms with Crippen LogP contribution in [0.5, 0.6) is 0 Å². The van der Waals surface area contributed by atoms with Gasteiger partial charge in [-0.05, 0) is 51.3 Å². The highest BCUT2D eigenvalue weighted by Crippen LogP contribution is 2.25. The van der Waals surface area contributed by atoms with E-state index in [1.54, 1.807) is 0 Å². The summed E-state index contributed by atoms with van der Waals surface area (Å²) >= 11 is 0. The van der Waals surface area contributed by atoms with Crippen LogP contribution in [-0.2, 0) is 11.2 Å². The second-order valence-corrected chi connectivity index (χ2v) is 6.00. The highest BCUT2D eigenvalue weighted by molar-refractivity contribution is 5.78. The van der Waals surface area contributed by atoms with E-state index in [9.17, 15) is 0 Å². The summed E-state index contributed by atoms with van der Waals surface area (Å²) in [5.74, 6) is 1.07. The predicted octanol–water partition coefficient (Wildman–Crippen LogP) is 3.60. The molecule has 0 bridgehead atoms. The predicted molar refractivity (Wildman–Crippen MR) is 82.1 cm³/mol.